The molecule has 1 heterocycles. The predicted molar refractivity (Wildman–Crippen MR) is 70.2 cm³/mol. The van der Waals surface area contributed by atoms with Crippen LogP contribution in [0.15, 0.2) is 14.7 Å². The Morgan fingerprint density at radius 2 is 2.22 bits per heavy atom. The lowest BCUT2D eigenvalue weighted by atomic mass is 10.3. The smallest absolute Gasteiger partial charge is 0.332 e. The van der Waals surface area contributed by atoms with Crippen LogP contribution in [0.4, 0.5) is 0 Å². The Labute approximate surface area is 117 Å². The number of sulfonamides is 1. The van der Waals surface area contributed by atoms with Crippen molar-refractivity contribution >= 4 is 43.3 Å². The van der Waals surface area contributed by atoms with Crippen LogP contribution in [0.3, 0.4) is 0 Å². The second kappa shape index (κ2) is 6.11. The Balaban J connectivity index is 2.66. The van der Waals surface area contributed by atoms with Gasteiger partial charge < -0.3 is 10.2 Å². The highest BCUT2D eigenvalue weighted by Crippen LogP contribution is 2.29. The summed E-state index contributed by atoms with van der Waals surface area (Å²) in [7, 11) is -3.67. The van der Waals surface area contributed by atoms with Gasteiger partial charge >= 0.3 is 5.97 Å². The van der Waals surface area contributed by atoms with Gasteiger partial charge in [-0.15, -0.1) is 11.3 Å². The summed E-state index contributed by atoms with van der Waals surface area (Å²) in [5.41, 5.74) is 0. The lowest BCUT2D eigenvalue weighted by Gasteiger charge is -2.07. The highest BCUT2D eigenvalue weighted by atomic mass is 79.9. The Hall–Kier alpha value is -0.480. The number of hydrogen-bond acceptors (Lipinski definition) is 5. The molecular formula is C9H12BrNO5S2. The molecule has 0 spiro atoms. The largest absolute Gasteiger partial charge is 0.479 e. The Morgan fingerprint density at radius 3 is 2.67 bits per heavy atom. The average molecular weight is 358 g/mol. The van der Waals surface area contributed by atoms with Gasteiger partial charge in [-0.3, -0.25) is 0 Å². The van der Waals surface area contributed by atoms with Crippen molar-refractivity contribution in [2.45, 2.75) is 24.3 Å². The van der Waals surface area contributed by atoms with Crippen LogP contribution in [0.25, 0.3) is 0 Å². The summed E-state index contributed by atoms with van der Waals surface area (Å²) in [6.45, 7) is 1.54. The van der Waals surface area contributed by atoms with Gasteiger partial charge in [0, 0.05) is 11.4 Å². The number of rotatable bonds is 6. The molecule has 0 aliphatic rings. The van der Waals surface area contributed by atoms with Crippen LogP contribution in [0, 0.1) is 6.92 Å². The average Bonchev–Trinajstić information content (AvgIpc) is 2.58. The molecule has 0 saturated heterocycles. The first-order chi connectivity index (χ1) is 8.24. The SMILES string of the molecule is Cc1sc(Br)cc1S(=O)(=O)NCC[C@H](O)C(=O)O. The fourth-order valence-electron chi connectivity index (χ4n) is 1.23. The van der Waals surface area contributed by atoms with Crippen molar-refractivity contribution in [2.75, 3.05) is 6.54 Å². The summed E-state index contributed by atoms with van der Waals surface area (Å²) < 4.78 is 26.7. The maximum absolute atomic E-state index is 11.9. The third-order valence-corrected chi connectivity index (χ3v) is 5.40. The van der Waals surface area contributed by atoms with Crippen molar-refractivity contribution in [1.82, 2.24) is 4.72 Å². The van der Waals surface area contributed by atoms with Crippen molar-refractivity contribution in [3.05, 3.63) is 14.7 Å². The zero-order valence-corrected chi connectivity index (χ0v) is 12.6. The van der Waals surface area contributed by atoms with E-state index >= 15 is 0 Å². The molecule has 0 aliphatic heterocycles. The topological polar surface area (TPSA) is 104 Å². The minimum atomic E-state index is -3.67. The van der Waals surface area contributed by atoms with Crippen LogP contribution in [0.1, 0.15) is 11.3 Å². The summed E-state index contributed by atoms with van der Waals surface area (Å²) in [6, 6.07) is 1.48. The van der Waals surface area contributed by atoms with Gasteiger partial charge in [0.15, 0.2) is 6.10 Å². The summed E-state index contributed by atoms with van der Waals surface area (Å²) in [6.07, 6.45) is -1.75. The lowest BCUT2D eigenvalue weighted by Crippen LogP contribution is -2.30. The summed E-state index contributed by atoms with van der Waals surface area (Å²) in [5, 5.41) is 17.5. The summed E-state index contributed by atoms with van der Waals surface area (Å²) in [4.78, 5) is 11.1. The summed E-state index contributed by atoms with van der Waals surface area (Å²) >= 11 is 4.49. The number of carbonyl (C=O) groups is 1. The quantitative estimate of drug-likeness (QED) is 0.702. The molecule has 0 aliphatic carbocycles. The Morgan fingerprint density at radius 1 is 1.61 bits per heavy atom. The fraction of sp³-hybridized carbons (Fsp3) is 0.444. The van der Waals surface area contributed by atoms with E-state index in [1.807, 2.05) is 0 Å². The number of carboxylic acid groups (broad SMARTS) is 1. The molecule has 1 atom stereocenters. The van der Waals surface area contributed by atoms with Gasteiger partial charge in [0.05, 0.1) is 8.68 Å². The van der Waals surface area contributed by atoms with Crippen molar-refractivity contribution in [2.24, 2.45) is 0 Å². The second-order valence-corrected chi connectivity index (χ2v) is 7.88. The number of aliphatic carboxylic acids is 1. The Kier molecular flexibility index (Phi) is 5.29. The van der Waals surface area contributed by atoms with Gasteiger partial charge in [-0.1, -0.05) is 0 Å². The van der Waals surface area contributed by atoms with Crippen molar-refractivity contribution in [1.29, 1.82) is 0 Å². The molecule has 0 unspecified atom stereocenters. The first kappa shape index (κ1) is 15.6. The van der Waals surface area contributed by atoms with Crippen LogP contribution in [-0.2, 0) is 14.8 Å². The van der Waals surface area contributed by atoms with Gasteiger partial charge in [-0.2, -0.15) is 0 Å². The normalized spacial score (nSPS) is 13.5. The zero-order chi connectivity index (χ0) is 13.9. The molecular weight excluding hydrogens is 346 g/mol. The fourth-order valence-corrected chi connectivity index (χ4v) is 4.69. The van der Waals surface area contributed by atoms with Crippen molar-refractivity contribution in [3.8, 4) is 0 Å². The van der Waals surface area contributed by atoms with E-state index in [0.29, 0.717) is 8.66 Å². The predicted octanol–water partition coefficient (Wildman–Crippen LogP) is 0.933. The molecule has 1 rings (SSSR count). The van der Waals surface area contributed by atoms with Gasteiger partial charge in [0.2, 0.25) is 10.0 Å². The molecule has 102 valence electrons. The molecule has 0 saturated carbocycles. The highest BCUT2D eigenvalue weighted by Gasteiger charge is 2.20. The number of hydrogen-bond donors (Lipinski definition) is 3. The molecule has 0 amide bonds. The summed E-state index contributed by atoms with van der Waals surface area (Å²) in [5.74, 6) is -1.37. The van der Waals surface area contributed by atoms with E-state index in [9.17, 15) is 13.2 Å². The Bertz CT molecular complexity index is 539. The van der Waals surface area contributed by atoms with Gasteiger partial charge in [-0.25, -0.2) is 17.9 Å². The molecule has 3 N–H and O–H groups in total. The second-order valence-electron chi connectivity index (χ2n) is 3.51. The van der Waals surface area contributed by atoms with E-state index in [1.165, 1.54) is 17.4 Å². The molecule has 0 bridgehead atoms. The monoisotopic (exact) mass is 357 g/mol. The molecule has 1 aromatic rings. The number of aliphatic hydroxyl groups is 1. The van der Waals surface area contributed by atoms with Crippen LogP contribution >= 0.6 is 27.3 Å². The number of halogens is 1. The van der Waals surface area contributed by atoms with Gasteiger partial charge in [-0.05, 0) is 35.3 Å². The first-order valence-electron chi connectivity index (χ1n) is 4.90. The van der Waals surface area contributed by atoms with E-state index in [2.05, 4.69) is 20.7 Å². The lowest BCUT2D eigenvalue weighted by molar-refractivity contribution is -0.146. The van der Waals surface area contributed by atoms with Crippen LogP contribution in [-0.4, -0.2) is 37.2 Å². The first-order valence-corrected chi connectivity index (χ1v) is 8.00. The number of carboxylic acids is 1. The molecule has 6 nitrogen and oxygen atoms in total. The van der Waals surface area contributed by atoms with E-state index in [4.69, 9.17) is 10.2 Å². The molecule has 0 aromatic carbocycles. The van der Waals surface area contributed by atoms with Gasteiger partial charge in [0.25, 0.3) is 0 Å². The van der Waals surface area contributed by atoms with E-state index in [1.54, 1.807) is 6.92 Å². The molecule has 0 radical (unpaired) electrons. The highest BCUT2D eigenvalue weighted by molar-refractivity contribution is 9.11. The number of nitrogens with one attached hydrogen (secondary N) is 1. The molecule has 18 heavy (non-hydrogen) atoms. The van der Waals surface area contributed by atoms with Gasteiger partial charge in [0.1, 0.15) is 0 Å². The number of aryl methyl sites for hydroxylation is 1. The van der Waals surface area contributed by atoms with E-state index in [-0.39, 0.29) is 17.9 Å². The minimum Gasteiger partial charge on any atom is -0.479 e. The number of aliphatic hydroxyl groups excluding tert-OH is 1. The minimum absolute atomic E-state index is 0.136. The number of thiophene rings is 1. The third kappa shape index (κ3) is 4.02. The van der Waals surface area contributed by atoms with Crippen LogP contribution in [0.5, 0.6) is 0 Å². The third-order valence-electron chi connectivity index (χ3n) is 2.13. The maximum Gasteiger partial charge on any atom is 0.332 e. The zero-order valence-electron chi connectivity index (χ0n) is 9.38. The van der Waals surface area contributed by atoms with E-state index < -0.39 is 22.1 Å². The molecule has 0 fully saturated rings. The molecule has 9 heteroatoms. The van der Waals surface area contributed by atoms with Crippen molar-refractivity contribution < 1.29 is 23.4 Å². The standard InChI is InChI=1S/C9H12BrNO5S2/c1-5-7(4-8(10)17-5)18(15,16)11-3-2-6(12)9(13)14/h4,6,11-12H,2-3H2,1H3,(H,13,14)/t6-/m0/s1. The van der Waals surface area contributed by atoms with Crippen LogP contribution in [0.2, 0.25) is 0 Å². The van der Waals surface area contributed by atoms with E-state index in [0.717, 1.165) is 0 Å². The maximum atomic E-state index is 11.9. The van der Waals surface area contributed by atoms with Crippen molar-refractivity contribution in [3.63, 3.8) is 0 Å². The van der Waals surface area contributed by atoms with Crippen LogP contribution < -0.4 is 4.72 Å². The molecule has 1 aromatic heterocycles.